The van der Waals surface area contributed by atoms with Gasteiger partial charge < -0.3 is 10.6 Å². The number of nitrogens with one attached hydrogen (secondary N) is 3. The third kappa shape index (κ3) is 4.20. The van der Waals surface area contributed by atoms with Gasteiger partial charge in [-0.15, -0.1) is 5.10 Å². The zero-order valence-corrected chi connectivity index (χ0v) is 15.8. The average Bonchev–Trinajstić information content (AvgIpc) is 3.19. The highest BCUT2D eigenvalue weighted by Gasteiger charge is 2.31. The maximum Gasteiger partial charge on any atom is 0.273 e. The van der Waals surface area contributed by atoms with Crippen LogP contribution in [0.1, 0.15) is 36.7 Å². The first-order chi connectivity index (χ1) is 13.6. The first kappa shape index (κ1) is 18.6. The molecule has 2 saturated heterocycles. The highest BCUT2D eigenvalue weighted by Crippen LogP contribution is 2.14. The van der Waals surface area contributed by atoms with Gasteiger partial charge in [-0.3, -0.25) is 19.8 Å². The predicted molar refractivity (Wildman–Crippen MR) is 103 cm³/mol. The lowest BCUT2D eigenvalue weighted by Gasteiger charge is -2.41. The topological polar surface area (TPSA) is 104 Å². The van der Waals surface area contributed by atoms with E-state index in [0.29, 0.717) is 12.1 Å². The van der Waals surface area contributed by atoms with Gasteiger partial charge in [0.25, 0.3) is 5.91 Å². The molecule has 2 unspecified atom stereocenters. The molecule has 4 rings (SSSR count). The van der Waals surface area contributed by atoms with Gasteiger partial charge in [0.15, 0.2) is 5.69 Å². The summed E-state index contributed by atoms with van der Waals surface area (Å²) in [5.74, 6) is -0.133. The Kier molecular flexibility index (Phi) is 5.36. The minimum Gasteiger partial charge on any atom is -0.348 e. The van der Waals surface area contributed by atoms with Crippen LogP contribution in [0.4, 0.5) is 0 Å². The molecular formula is C19H25N7O2. The van der Waals surface area contributed by atoms with E-state index in [1.807, 2.05) is 37.3 Å². The summed E-state index contributed by atoms with van der Waals surface area (Å²) < 4.78 is 0. The number of amides is 2. The molecule has 1 aromatic carbocycles. The van der Waals surface area contributed by atoms with E-state index in [1.54, 1.807) is 0 Å². The van der Waals surface area contributed by atoms with E-state index in [9.17, 15) is 9.59 Å². The van der Waals surface area contributed by atoms with Crippen LogP contribution in [-0.2, 0) is 4.79 Å². The average molecular weight is 383 g/mol. The molecule has 2 aliphatic heterocycles. The molecule has 3 N–H and O–H groups in total. The lowest BCUT2D eigenvalue weighted by Crippen LogP contribution is -2.65. The molecule has 1 aromatic heterocycles. The van der Waals surface area contributed by atoms with E-state index in [0.717, 1.165) is 31.6 Å². The van der Waals surface area contributed by atoms with Gasteiger partial charge in [-0.25, -0.2) is 0 Å². The van der Waals surface area contributed by atoms with Crippen molar-refractivity contribution in [2.45, 2.75) is 44.6 Å². The molecule has 0 aliphatic carbocycles. The summed E-state index contributed by atoms with van der Waals surface area (Å²) in [6.07, 6.45) is 3.51. The van der Waals surface area contributed by atoms with Crippen molar-refractivity contribution in [1.29, 1.82) is 0 Å². The Hall–Kier alpha value is -2.78. The quantitative estimate of drug-likeness (QED) is 0.699. The Labute approximate surface area is 163 Å². The zero-order valence-electron chi connectivity index (χ0n) is 15.8. The molecule has 9 heteroatoms. The van der Waals surface area contributed by atoms with Gasteiger partial charge >= 0.3 is 0 Å². The number of para-hydroxylation sites is 1. The van der Waals surface area contributed by atoms with Crippen LogP contribution in [0.3, 0.4) is 0 Å². The van der Waals surface area contributed by atoms with Gasteiger partial charge in [-0.1, -0.05) is 18.2 Å². The number of likely N-dealkylation sites (tertiary alicyclic amines) is 1. The van der Waals surface area contributed by atoms with Crippen molar-refractivity contribution < 1.29 is 9.59 Å². The van der Waals surface area contributed by atoms with Crippen molar-refractivity contribution in [3.63, 3.8) is 0 Å². The molecule has 28 heavy (non-hydrogen) atoms. The molecule has 0 saturated carbocycles. The van der Waals surface area contributed by atoms with Crippen LogP contribution in [-0.4, -0.2) is 63.2 Å². The molecule has 2 aromatic rings. The van der Waals surface area contributed by atoms with Gasteiger partial charge in [0.1, 0.15) is 6.29 Å². The lowest BCUT2D eigenvalue weighted by molar-refractivity contribution is -0.127. The molecule has 2 fully saturated rings. The standard InChI is InChI=1S/C19H25N7O2/c1-13-11-17(27)23-19(21-13)25-9-7-14(8-10-25)22-18(28)16-12-20-26(24-16)15-5-3-2-4-6-15/h2-6,12-14,19,21H,7-11H2,1H3,(H,22,28)(H,23,27). The number of piperidine rings is 1. The van der Waals surface area contributed by atoms with Crippen LogP contribution in [0.25, 0.3) is 5.69 Å². The molecule has 3 heterocycles. The molecule has 2 atom stereocenters. The fourth-order valence-electron chi connectivity index (χ4n) is 3.67. The highest BCUT2D eigenvalue weighted by atomic mass is 16.2. The monoisotopic (exact) mass is 383 g/mol. The largest absolute Gasteiger partial charge is 0.348 e. The Bertz CT molecular complexity index is 830. The number of aromatic nitrogens is 3. The molecule has 9 nitrogen and oxygen atoms in total. The first-order valence-corrected chi connectivity index (χ1v) is 9.66. The molecule has 0 spiro atoms. The maximum absolute atomic E-state index is 12.5. The van der Waals surface area contributed by atoms with Crippen molar-refractivity contribution in [2.24, 2.45) is 0 Å². The van der Waals surface area contributed by atoms with E-state index in [-0.39, 0.29) is 30.2 Å². The Morgan fingerprint density at radius 3 is 2.68 bits per heavy atom. The summed E-state index contributed by atoms with van der Waals surface area (Å²) in [4.78, 5) is 27.9. The number of carbonyl (C=O) groups excluding carboxylic acids is 2. The van der Waals surface area contributed by atoms with Crippen LogP contribution in [0.5, 0.6) is 0 Å². The van der Waals surface area contributed by atoms with Crippen molar-refractivity contribution >= 4 is 11.8 Å². The number of hydrogen-bond acceptors (Lipinski definition) is 6. The number of hydrogen-bond donors (Lipinski definition) is 3. The molecule has 2 amide bonds. The van der Waals surface area contributed by atoms with Gasteiger partial charge in [0, 0.05) is 31.6 Å². The maximum atomic E-state index is 12.5. The normalized spacial score (nSPS) is 24.0. The summed E-state index contributed by atoms with van der Waals surface area (Å²) in [7, 11) is 0. The van der Waals surface area contributed by atoms with Crippen molar-refractivity contribution in [3.05, 3.63) is 42.2 Å². The fraction of sp³-hybridized carbons (Fsp3) is 0.474. The van der Waals surface area contributed by atoms with Crippen LogP contribution in [0.2, 0.25) is 0 Å². The Morgan fingerprint density at radius 2 is 1.96 bits per heavy atom. The number of benzene rings is 1. The van der Waals surface area contributed by atoms with Gasteiger partial charge in [0.2, 0.25) is 5.91 Å². The minimum absolute atomic E-state index is 0.0770. The van der Waals surface area contributed by atoms with Crippen molar-refractivity contribution in [1.82, 2.24) is 35.8 Å². The van der Waals surface area contributed by atoms with Crippen molar-refractivity contribution in [2.75, 3.05) is 13.1 Å². The summed E-state index contributed by atoms with van der Waals surface area (Å²) in [5, 5.41) is 17.9. The second-order valence-corrected chi connectivity index (χ2v) is 7.38. The second kappa shape index (κ2) is 8.07. The highest BCUT2D eigenvalue weighted by molar-refractivity contribution is 5.92. The van der Waals surface area contributed by atoms with E-state index in [1.165, 1.54) is 11.0 Å². The third-order valence-corrected chi connectivity index (χ3v) is 5.17. The first-order valence-electron chi connectivity index (χ1n) is 9.66. The summed E-state index contributed by atoms with van der Waals surface area (Å²) in [6.45, 7) is 3.61. The zero-order chi connectivity index (χ0) is 19.5. The van der Waals surface area contributed by atoms with Crippen LogP contribution < -0.4 is 16.0 Å². The molecule has 2 aliphatic rings. The summed E-state index contributed by atoms with van der Waals surface area (Å²) >= 11 is 0. The lowest BCUT2D eigenvalue weighted by atomic mass is 10.0. The van der Waals surface area contributed by atoms with Crippen LogP contribution >= 0.6 is 0 Å². The minimum atomic E-state index is -0.210. The van der Waals surface area contributed by atoms with E-state index in [2.05, 4.69) is 31.0 Å². The van der Waals surface area contributed by atoms with E-state index in [4.69, 9.17) is 0 Å². The van der Waals surface area contributed by atoms with Crippen LogP contribution in [0.15, 0.2) is 36.5 Å². The second-order valence-electron chi connectivity index (χ2n) is 7.38. The number of carbonyl (C=O) groups is 2. The fourth-order valence-corrected chi connectivity index (χ4v) is 3.67. The summed E-state index contributed by atoms with van der Waals surface area (Å²) in [5.41, 5.74) is 1.12. The Morgan fingerprint density at radius 1 is 1.21 bits per heavy atom. The predicted octanol–water partition coefficient (Wildman–Crippen LogP) is 0.243. The van der Waals surface area contributed by atoms with E-state index >= 15 is 0 Å². The molecule has 0 bridgehead atoms. The smallest absolute Gasteiger partial charge is 0.273 e. The van der Waals surface area contributed by atoms with E-state index < -0.39 is 0 Å². The molecular weight excluding hydrogens is 358 g/mol. The SMILES string of the molecule is CC1CC(=O)NC(N2CCC(NC(=O)c3cnn(-c4ccccc4)n3)CC2)N1. The van der Waals surface area contributed by atoms with Gasteiger partial charge in [-0.2, -0.15) is 9.90 Å². The summed E-state index contributed by atoms with van der Waals surface area (Å²) in [6, 6.07) is 9.74. The number of rotatable bonds is 4. The number of nitrogens with zero attached hydrogens (tertiary/aromatic N) is 4. The molecule has 148 valence electrons. The van der Waals surface area contributed by atoms with Crippen molar-refractivity contribution in [3.8, 4) is 5.69 Å². The van der Waals surface area contributed by atoms with Gasteiger partial charge in [0.05, 0.1) is 11.9 Å². The Balaban J connectivity index is 1.30. The third-order valence-electron chi connectivity index (χ3n) is 5.17. The van der Waals surface area contributed by atoms with Crippen LogP contribution in [0, 0.1) is 0 Å². The van der Waals surface area contributed by atoms with Gasteiger partial charge in [-0.05, 0) is 31.9 Å². The molecule has 0 radical (unpaired) electrons.